The molecule has 0 spiro atoms. The molecule has 2 atom stereocenters. The van der Waals surface area contributed by atoms with E-state index in [9.17, 15) is 24.6 Å². The van der Waals surface area contributed by atoms with Crippen LogP contribution >= 0.6 is 0 Å². The van der Waals surface area contributed by atoms with Gasteiger partial charge in [-0.05, 0) is 66.6 Å². The zero-order chi connectivity index (χ0) is 32.4. The Morgan fingerprint density at radius 2 is 1.57 bits per heavy atom. The molecule has 4 aliphatic rings. The number of hydrogen-bond donors (Lipinski definition) is 3. The summed E-state index contributed by atoms with van der Waals surface area (Å²) in [5, 5.41) is 23.3. The molecule has 0 saturated carbocycles. The molecule has 11 nitrogen and oxygen atoms in total. The van der Waals surface area contributed by atoms with E-state index in [1.807, 2.05) is 61.9 Å². The van der Waals surface area contributed by atoms with Crippen molar-refractivity contribution in [1.82, 2.24) is 19.6 Å². The van der Waals surface area contributed by atoms with Crippen LogP contribution in [0.1, 0.15) is 43.2 Å². The quantitative estimate of drug-likeness (QED) is 0.371. The maximum Gasteiger partial charge on any atom is 0.410 e. The second-order valence-corrected chi connectivity index (χ2v) is 13.4. The van der Waals surface area contributed by atoms with Crippen molar-refractivity contribution in [2.24, 2.45) is 0 Å². The third-order valence-corrected chi connectivity index (χ3v) is 10.3. The Bertz CT molecular complexity index is 1420. The van der Waals surface area contributed by atoms with Gasteiger partial charge in [0, 0.05) is 70.0 Å². The number of nitrogens with one attached hydrogen (secondary N) is 1. The van der Waals surface area contributed by atoms with Gasteiger partial charge in [-0.1, -0.05) is 30.3 Å². The van der Waals surface area contributed by atoms with E-state index in [1.54, 1.807) is 4.90 Å². The van der Waals surface area contributed by atoms with Gasteiger partial charge in [0.15, 0.2) is 6.10 Å². The Hall–Kier alpha value is -3.70. The van der Waals surface area contributed by atoms with Gasteiger partial charge in [0.05, 0.1) is 6.10 Å². The summed E-state index contributed by atoms with van der Waals surface area (Å²) in [6.07, 6.45) is 2.90. The number of piperidine rings is 2. The van der Waals surface area contributed by atoms with Crippen molar-refractivity contribution in [3.05, 3.63) is 47.5 Å². The van der Waals surface area contributed by atoms with Crippen LogP contribution in [0.2, 0.25) is 0 Å². The van der Waals surface area contributed by atoms with E-state index < -0.39 is 12.2 Å². The molecule has 2 aromatic rings. The van der Waals surface area contributed by atoms with Gasteiger partial charge in [-0.25, -0.2) is 9.59 Å². The molecule has 4 heterocycles. The summed E-state index contributed by atoms with van der Waals surface area (Å²) >= 11 is 0. The van der Waals surface area contributed by atoms with E-state index in [0.717, 1.165) is 49.0 Å². The molecule has 13 heteroatoms. The number of para-hydroxylation sites is 1. The highest BCUT2D eigenvalue weighted by molar-refractivity contribution is 6.41. The number of phenols is 1. The fraction of sp³-hybridized carbons (Fsp3) is 0.545. The predicted molar refractivity (Wildman–Crippen MR) is 181 cm³/mol. The molecule has 4 amide bonds. The number of amides is 4. The Labute approximate surface area is 272 Å². The lowest BCUT2D eigenvalue weighted by molar-refractivity contribution is -0.142. The first kappa shape index (κ1) is 32.2. The minimum absolute atomic E-state index is 0.0109. The number of hydrogen-bond acceptors (Lipinski definition) is 7. The summed E-state index contributed by atoms with van der Waals surface area (Å²) in [7, 11) is 3.64. The van der Waals surface area contributed by atoms with Gasteiger partial charge in [-0.2, -0.15) is 0 Å². The first-order valence-electron chi connectivity index (χ1n) is 16.8. The van der Waals surface area contributed by atoms with Crippen molar-refractivity contribution >= 4 is 50.3 Å². The third-order valence-electron chi connectivity index (χ3n) is 10.3. The number of ether oxygens (including phenoxy) is 1. The number of carbonyl (C=O) groups is 3. The number of β-amino-alcohol motifs (C(OH)–C–C–N with tert-alkyl or cyclic N) is 1. The topological polar surface area (TPSA) is 126 Å². The van der Waals surface area contributed by atoms with Gasteiger partial charge >= 0.3 is 12.1 Å². The number of phenolic OH excluding ortho intramolecular Hbond substituents is 1. The minimum Gasteiger partial charge on any atom is -0.509 e. The lowest BCUT2D eigenvalue weighted by Gasteiger charge is -2.39. The number of likely N-dealkylation sites (tertiary alicyclic amines) is 3. The maximum atomic E-state index is 13.9. The molecule has 244 valence electrons. The summed E-state index contributed by atoms with van der Waals surface area (Å²) in [4.78, 5) is 48.2. The van der Waals surface area contributed by atoms with Crippen molar-refractivity contribution in [3.63, 3.8) is 0 Å². The molecule has 0 aromatic heterocycles. The van der Waals surface area contributed by atoms with E-state index in [-0.39, 0.29) is 36.3 Å². The lowest BCUT2D eigenvalue weighted by atomic mass is 9.83. The second kappa shape index (κ2) is 14.0. The Morgan fingerprint density at radius 3 is 2.24 bits per heavy atom. The molecule has 3 fully saturated rings. The summed E-state index contributed by atoms with van der Waals surface area (Å²) in [6, 6.07) is 11.8. The number of nitrogens with zero attached hydrogens (tertiary/aromatic N) is 4. The lowest BCUT2D eigenvalue weighted by Crippen LogP contribution is -2.52. The van der Waals surface area contributed by atoms with E-state index in [0.29, 0.717) is 69.1 Å². The number of carbonyl (C=O) groups excluding carboxylic acids is 3. The molecule has 0 aliphatic carbocycles. The monoisotopic (exact) mass is 629 g/mol. The molecule has 4 aliphatic heterocycles. The molecule has 1 unspecified atom stereocenters. The average molecular weight is 629 g/mol. The predicted octanol–water partition coefficient (Wildman–Crippen LogP) is -0.431. The fourth-order valence-electron chi connectivity index (χ4n) is 7.61. The van der Waals surface area contributed by atoms with Crippen LogP contribution in [0.5, 0.6) is 5.75 Å². The second-order valence-electron chi connectivity index (χ2n) is 13.4. The maximum absolute atomic E-state index is 13.9. The number of anilines is 1. The summed E-state index contributed by atoms with van der Waals surface area (Å²) in [5.74, 6) is 0.0230. The van der Waals surface area contributed by atoms with Crippen molar-refractivity contribution in [2.45, 2.75) is 69.2 Å². The van der Waals surface area contributed by atoms with Crippen LogP contribution in [0.4, 0.5) is 15.3 Å². The van der Waals surface area contributed by atoms with Gasteiger partial charge < -0.3 is 35.0 Å². The molecular formula is C33H45B2N5O6. The molecule has 46 heavy (non-hydrogen) atoms. The highest BCUT2D eigenvalue weighted by atomic mass is 16.6. The molecule has 2 aromatic carbocycles. The average Bonchev–Trinajstić information content (AvgIpc) is 3.42. The van der Waals surface area contributed by atoms with Crippen molar-refractivity contribution in [3.8, 4) is 5.75 Å². The summed E-state index contributed by atoms with van der Waals surface area (Å²) in [6.45, 7) is 4.21. The Balaban J connectivity index is 1.09. The molecule has 3 saturated heterocycles. The van der Waals surface area contributed by atoms with Crippen LogP contribution in [0, 0.1) is 0 Å². The van der Waals surface area contributed by atoms with E-state index in [2.05, 4.69) is 10.2 Å². The highest BCUT2D eigenvalue weighted by Crippen LogP contribution is 2.26. The Kier molecular flexibility index (Phi) is 9.79. The van der Waals surface area contributed by atoms with E-state index >= 15 is 0 Å². The van der Waals surface area contributed by atoms with Gasteiger partial charge in [-0.15, -0.1) is 0 Å². The summed E-state index contributed by atoms with van der Waals surface area (Å²) < 4.78 is 6.02. The number of benzene rings is 2. The number of aliphatic hydroxyl groups excluding tert-OH is 1. The van der Waals surface area contributed by atoms with Crippen molar-refractivity contribution < 1.29 is 29.3 Å². The van der Waals surface area contributed by atoms with Crippen molar-refractivity contribution in [1.29, 1.82) is 0 Å². The number of rotatable bonds is 6. The number of fused-ring (bicyclic) bond motifs is 1. The molecule has 0 bridgehead atoms. The molecule has 6 rings (SSSR count). The van der Waals surface area contributed by atoms with Gasteiger partial charge in [0.2, 0.25) is 0 Å². The van der Waals surface area contributed by atoms with E-state index in [1.165, 1.54) is 0 Å². The number of aliphatic hydroxyl groups is 1. The molecule has 0 radical (unpaired) electrons. The van der Waals surface area contributed by atoms with Crippen LogP contribution in [0.3, 0.4) is 0 Å². The van der Waals surface area contributed by atoms with Crippen LogP contribution in [0.25, 0.3) is 0 Å². The first-order chi connectivity index (χ1) is 22.2. The van der Waals surface area contributed by atoms with Crippen molar-refractivity contribution in [2.75, 3.05) is 51.1 Å². The Morgan fingerprint density at radius 1 is 0.913 bits per heavy atom. The first-order valence-corrected chi connectivity index (χ1v) is 16.8. The highest BCUT2D eigenvalue weighted by Gasteiger charge is 2.37. The molecule has 3 N–H and O–H groups in total. The smallest absolute Gasteiger partial charge is 0.410 e. The van der Waals surface area contributed by atoms with Gasteiger partial charge in [-0.3, -0.25) is 9.69 Å². The number of urea groups is 1. The third kappa shape index (κ3) is 7.15. The van der Waals surface area contributed by atoms with Crippen LogP contribution in [0.15, 0.2) is 36.4 Å². The fourth-order valence-corrected chi connectivity index (χ4v) is 7.61. The zero-order valence-corrected chi connectivity index (χ0v) is 27.0. The van der Waals surface area contributed by atoms with Crippen LogP contribution in [-0.2, 0) is 22.4 Å². The van der Waals surface area contributed by atoms with Crippen LogP contribution in [-0.4, -0.2) is 134 Å². The SMILES string of the molecule is Bc1cc(C[C@@H](OC(=O)N2CCC(N3CCc4ccccc4NC3=O)CC2)C(=O)N2CCC(N3CCC(O)C3)CC2)cc(B)c1O. The standard InChI is InChI=1S/C33H45B2N5O6/c34-26-17-21(18-27(35)30(26)42)19-29(31(43)37-11-6-23(7-12-37)39-15-10-25(41)20-39)46-33(45)38-13-8-24(9-14-38)40-16-5-22-3-1-2-4-28(22)36-32(40)44/h1-4,17-18,23-25,29,41-42H,5-16,19-20,34-35H2,(H,36,44)/t25?,29-/m1/s1. The normalized spacial score (nSPS) is 22.2. The zero-order valence-electron chi connectivity index (χ0n) is 27.0. The minimum atomic E-state index is -0.992. The van der Waals surface area contributed by atoms with E-state index in [4.69, 9.17) is 4.74 Å². The van der Waals surface area contributed by atoms with Gasteiger partial charge in [0.25, 0.3) is 5.91 Å². The van der Waals surface area contributed by atoms with Crippen LogP contribution < -0.4 is 16.2 Å². The van der Waals surface area contributed by atoms with Gasteiger partial charge in [0.1, 0.15) is 21.4 Å². The number of aromatic hydroxyl groups is 1. The summed E-state index contributed by atoms with van der Waals surface area (Å²) in [5.41, 5.74) is 4.22. The molecular weight excluding hydrogens is 584 g/mol. The largest absolute Gasteiger partial charge is 0.509 e.